The molecule has 0 radical (unpaired) electrons. The Kier molecular flexibility index (Phi) is 10.9. The summed E-state index contributed by atoms with van der Waals surface area (Å²) in [7, 11) is 3.04. The number of fused-ring (bicyclic) bond motifs is 3. The molecule has 254 valence electrons. The fourth-order valence-corrected chi connectivity index (χ4v) is 6.91. The maximum Gasteiger partial charge on any atom is 0.407 e. The molecular formula is C36H41ClN4O7. The maximum atomic E-state index is 14.0. The van der Waals surface area contributed by atoms with Crippen LogP contribution in [-0.2, 0) is 25.5 Å². The highest BCUT2D eigenvalue weighted by Gasteiger charge is 2.44. The van der Waals surface area contributed by atoms with Gasteiger partial charge in [0.05, 0.1) is 12.1 Å². The Balaban J connectivity index is 1.23. The Bertz CT molecular complexity index is 1610. The number of carbonyl (C=O) groups is 4. The zero-order valence-electron chi connectivity index (χ0n) is 27.3. The topological polar surface area (TPSA) is 138 Å². The number of hydrogen-bond acceptors (Lipinski definition) is 6. The van der Waals surface area contributed by atoms with Crippen LogP contribution in [0.2, 0.25) is 5.02 Å². The van der Waals surface area contributed by atoms with Crippen molar-refractivity contribution in [1.29, 1.82) is 0 Å². The number of benzene rings is 3. The van der Waals surface area contributed by atoms with E-state index in [-0.39, 0.29) is 25.7 Å². The lowest BCUT2D eigenvalue weighted by atomic mass is 9.81. The van der Waals surface area contributed by atoms with Gasteiger partial charge in [-0.1, -0.05) is 72.3 Å². The molecule has 11 nitrogen and oxygen atoms in total. The number of likely N-dealkylation sites (N-methyl/N-ethyl adjacent to an activating group) is 1. The summed E-state index contributed by atoms with van der Waals surface area (Å²) >= 11 is 6.09. The minimum absolute atomic E-state index is 0.0901. The van der Waals surface area contributed by atoms with Crippen molar-refractivity contribution < 1.29 is 33.8 Å². The lowest BCUT2D eigenvalue weighted by Gasteiger charge is -2.48. The van der Waals surface area contributed by atoms with E-state index in [4.69, 9.17) is 21.1 Å². The van der Waals surface area contributed by atoms with Crippen LogP contribution >= 0.6 is 11.6 Å². The molecule has 1 heterocycles. The molecule has 0 aromatic heterocycles. The number of carboxylic acid groups (broad SMARTS) is 1. The van der Waals surface area contributed by atoms with Crippen LogP contribution in [0.1, 0.15) is 42.4 Å². The fraction of sp³-hybridized carbons (Fsp3) is 0.389. The van der Waals surface area contributed by atoms with E-state index < -0.39 is 41.6 Å². The molecular weight excluding hydrogens is 636 g/mol. The normalized spacial score (nSPS) is 18.2. The van der Waals surface area contributed by atoms with Crippen LogP contribution < -0.4 is 10.6 Å². The SMILES string of the molecule is COCC(NC(=O)C(C)NC(=O)OCC1c2ccccc2-c2ccccc21)C(=O)N(C)[C@@]1(Cc2ccc(Cl)cc2)CCCN(C(=O)O)C1. The van der Waals surface area contributed by atoms with Crippen LogP contribution in [0, 0.1) is 0 Å². The summed E-state index contributed by atoms with van der Waals surface area (Å²) in [5.74, 6) is -1.18. The fourth-order valence-electron chi connectivity index (χ4n) is 6.78. The largest absolute Gasteiger partial charge is 0.465 e. The average Bonchev–Trinajstić information content (AvgIpc) is 3.41. The highest BCUT2D eigenvalue weighted by atomic mass is 35.5. The minimum Gasteiger partial charge on any atom is -0.465 e. The number of amides is 4. The number of ether oxygens (including phenoxy) is 2. The van der Waals surface area contributed by atoms with E-state index in [1.807, 2.05) is 60.7 Å². The number of nitrogens with one attached hydrogen (secondary N) is 2. The molecule has 0 spiro atoms. The second-order valence-electron chi connectivity index (χ2n) is 12.4. The molecule has 12 heteroatoms. The second-order valence-corrected chi connectivity index (χ2v) is 12.9. The van der Waals surface area contributed by atoms with Crippen molar-refractivity contribution in [2.45, 2.75) is 49.7 Å². The van der Waals surface area contributed by atoms with Gasteiger partial charge in [-0.3, -0.25) is 9.59 Å². The smallest absolute Gasteiger partial charge is 0.407 e. The Morgan fingerprint density at radius 2 is 1.62 bits per heavy atom. The van der Waals surface area contributed by atoms with Gasteiger partial charge in [0, 0.05) is 38.2 Å². The van der Waals surface area contributed by atoms with Crippen molar-refractivity contribution in [3.63, 3.8) is 0 Å². The number of halogens is 1. The van der Waals surface area contributed by atoms with Gasteiger partial charge in [-0.2, -0.15) is 0 Å². The summed E-state index contributed by atoms with van der Waals surface area (Å²) < 4.78 is 10.9. The summed E-state index contributed by atoms with van der Waals surface area (Å²) in [6, 6.07) is 21.1. The molecule has 3 aromatic carbocycles. The van der Waals surface area contributed by atoms with Gasteiger partial charge in [0.2, 0.25) is 11.8 Å². The standard InChI is InChI=1S/C36H41ClN4O7/c1-23(38-34(44)48-20-30-28-11-6-4-9-26(28)27-10-5-7-12-29(27)30)32(42)39-31(21-47-3)33(43)40(2)36(17-8-18-41(22-36)35(45)46)19-24-13-15-25(37)16-14-24/h4-7,9-16,23,30-31H,8,17-22H2,1-3H3,(H,38,44)(H,39,42)(H,45,46)/t23?,31?,36-/m1/s1. The number of nitrogens with zero attached hydrogens (tertiary/aromatic N) is 2. The van der Waals surface area contributed by atoms with Crippen molar-refractivity contribution >= 4 is 35.6 Å². The van der Waals surface area contributed by atoms with Crippen molar-refractivity contribution in [2.75, 3.05) is 40.5 Å². The number of likely N-dealkylation sites (tertiary alicyclic amines) is 1. The van der Waals surface area contributed by atoms with Crippen molar-refractivity contribution in [3.8, 4) is 11.1 Å². The summed E-state index contributed by atoms with van der Waals surface area (Å²) in [5.41, 5.74) is 4.35. The van der Waals surface area contributed by atoms with Crippen molar-refractivity contribution in [3.05, 3.63) is 94.5 Å². The van der Waals surface area contributed by atoms with Crippen molar-refractivity contribution in [2.24, 2.45) is 0 Å². The van der Waals surface area contributed by atoms with Gasteiger partial charge in [0.15, 0.2) is 0 Å². The first-order valence-corrected chi connectivity index (χ1v) is 16.3. The van der Waals surface area contributed by atoms with Gasteiger partial charge in [0.25, 0.3) is 0 Å². The molecule has 1 aliphatic heterocycles. The zero-order chi connectivity index (χ0) is 34.4. The molecule has 2 unspecified atom stereocenters. The van der Waals surface area contributed by atoms with E-state index in [9.17, 15) is 24.3 Å². The lowest BCUT2D eigenvalue weighted by Crippen LogP contribution is -2.65. The number of hydrogen-bond donors (Lipinski definition) is 3. The molecule has 3 N–H and O–H groups in total. The first kappa shape index (κ1) is 34.7. The summed E-state index contributed by atoms with van der Waals surface area (Å²) in [6.45, 7) is 1.92. The van der Waals surface area contributed by atoms with Crippen molar-refractivity contribution in [1.82, 2.24) is 20.4 Å². The first-order chi connectivity index (χ1) is 23.0. The average molecular weight is 677 g/mol. The van der Waals surface area contributed by atoms with Crippen LogP contribution in [0.4, 0.5) is 9.59 Å². The molecule has 1 aliphatic carbocycles. The molecule has 4 amide bonds. The molecule has 5 rings (SSSR count). The van der Waals surface area contributed by atoms with Crippen LogP contribution in [-0.4, -0.2) is 97.0 Å². The van der Waals surface area contributed by atoms with Crippen LogP contribution in [0.5, 0.6) is 0 Å². The van der Waals surface area contributed by atoms with E-state index in [0.717, 1.165) is 27.8 Å². The van der Waals surface area contributed by atoms with Gasteiger partial charge in [-0.15, -0.1) is 0 Å². The summed E-state index contributed by atoms with van der Waals surface area (Å²) in [6.07, 6.45) is -0.339. The minimum atomic E-state index is -1.10. The second kappa shape index (κ2) is 15.1. The summed E-state index contributed by atoms with van der Waals surface area (Å²) in [5, 5.41) is 15.7. The molecule has 48 heavy (non-hydrogen) atoms. The van der Waals surface area contributed by atoms with Gasteiger partial charge >= 0.3 is 12.2 Å². The zero-order valence-corrected chi connectivity index (χ0v) is 28.0. The molecule has 3 aromatic rings. The Labute approximate surface area is 285 Å². The van der Waals surface area contributed by atoms with E-state index in [1.165, 1.54) is 23.8 Å². The van der Waals surface area contributed by atoms with Gasteiger partial charge in [0.1, 0.15) is 18.7 Å². The third-order valence-corrected chi connectivity index (χ3v) is 9.59. The van der Waals surface area contributed by atoms with Crippen LogP contribution in [0.15, 0.2) is 72.8 Å². The highest BCUT2D eigenvalue weighted by Crippen LogP contribution is 2.44. The predicted octanol–water partition coefficient (Wildman–Crippen LogP) is 4.91. The van der Waals surface area contributed by atoms with E-state index in [1.54, 1.807) is 19.2 Å². The monoisotopic (exact) mass is 676 g/mol. The van der Waals surface area contributed by atoms with Crippen LogP contribution in [0.25, 0.3) is 11.1 Å². The molecule has 0 saturated carbocycles. The number of methoxy groups -OCH3 is 1. The van der Waals surface area contributed by atoms with E-state index in [2.05, 4.69) is 10.6 Å². The molecule has 0 bridgehead atoms. The number of piperidine rings is 1. The number of rotatable bonds is 11. The van der Waals surface area contributed by atoms with Gasteiger partial charge in [-0.05, 0) is 66.1 Å². The van der Waals surface area contributed by atoms with E-state index >= 15 is 0 Å². The maximum absolute atomic E-state index is 14.0. The van der Waals surface area contributed by atoms with Gasteiger partial charge < -0.3 is 35.0 Å². The Morgan fingerprint density at radius 1 is 1.00 bits per heavy atom. The quantitative estimate of drug-likeness (QED) is 0.262. The number of alkyl carbamates (subject to hydrolysis) is 1. The molecule has 1 saturated heterocycles. The Hall–Kier alpha value is -4.61. The summed E-state index contributed by atoms with van der Waals surface area (Å²) in [4.78, 5) is 55.0. The van der Waals surface area contributed by atoms with E-state index in [0.29, 0.717) is 30.8 Å². The molecule has 1 fully saturated rings. The van der Waals surface area contributed by atoms with Gasteiger partial charge in [-0.25, -0.2) is 9.59 Å². The lowest BCUT2D eigenvalue weighted by molar-refractivity contribution is -0.144. The first-order valence-electron chi connectivity index (χ1n) is 15.9. The highest BCUT2D eigenvalue weighted by molar-refractivity contribution is 6.30. The third kappa shape index (κ3) is 7.58. The Morgan fingerprint density at radius 3 is 2.23 bits per heavy atom. The third-order valence-electron chi connectivity index (χ3n) is 9.33. The molecule has 2 aliphatic rings. The van der Waals surface area contributed by atoms with Crippen LogP contribution in [0.3, 0.4) is 0 Å². The molecule has 3 atom stereocenters. The predicted molar refractivity (Wildman–Crippen MR) is 181 cm³/mol. The number of carbonyl (C=O) groups excluding carboxylic acids is 3.